The summed E-state index contributed by atoms with van der Waals surface area (Å²) in [6, 6.07) is 0. The van der Waals surface area contributed by atoms with Crippen molar-refractivity contribution in [2.24, 2.45) is 0 Å². The van der Waals surface area contributed by atoms with Gasteiger partial charge in [0.05, 0.1) is 13.0 Å². The topological polar surface area (TPSA) is 44.9 Å². The molecule has 1 aliphatic rings. The molecule has 1 aliphatic carbocycles. The molecule has 0 atom stereocenters. The molecule has 92 valence electrons. The fourth-order valence-electron chi connectivity index (χ4n) is 1.94. The molecular formula is C13H18N2O2. The SMILES string of the molecule is [C-]#[N+]C1=C(C)C(CN(CC)CC)=C(O)CC1=O. The monoisotopic (exact) mass is 234 g/mol. The van der Waals surface area contributed by atoms with Crippen LogP contribution in [0, 0.1) is 6.57 Å². The molecular weight excluding hydrogens is 216 g/mol. The molecule has 0 spiro atoms. The van der Waals surface area contributed by atoms with Crippen LogP contribution in [-0.2, 0) is 4.79 Å². The Labute approximate surface area is 102 Å². The van der Waals surface area contributed by atoms with Crippen LogP contribution in [-0.4, -0.2) is 35.4 Å². The lowest BCUT2D eigenvalue weighted by atomic mass is 9.93. The summed E-state index contributed by atoms with van der Waals surface area (Å²) in [7, 11) is 0. The maximum atomic E-state index is 11.5. The van der Waals surface area contributed by atoms with E-state index in [0.29, 0.717) is 12.1 Å². The van der Waals surface area contributed by atoms with E-state index >= 15 is 0 Å². The van der Waals surface area contributed by atoms with Crippen molar-refractivity contribution in [2.75, 3.05) is 19.6 Å². The smallest absolute Gasteiger partial charge is 0.232 e. The highest BCUT2D eigenvalue weighted by Gasteiger charge is 2.26. The predicted octanol–water partition coefficient (Wildman–Crippen LogP) is 2.31. The number of allylic oxidation sites excluding steroid dienone is 2. The van der Waals surface area contributed by atoms with Crippen LogP contribution in [0.15, 0.2) is 22.6 Å². The quantitative estimate of drug-likeness (QED) is 0.759. The van der Waals surface area contributed by atoms with Crippen molar-refractivity contribution in [1.82, 2.24) is 4.90 Å². The summed E-state index contributed by atoms with van der Waals surface area (Å²) in [6.45, 7) is 15.2. The third-order valence-corrected chi connectivity index (χ3v) is 3.14. The molecule has 1 rings (SSSR count). The third-order valence-electron chi connectivity index (χ3n) is 3.14. The second kappa shape index (κ2) is 5.65. The maximum absolute atomic E-state index is 11.5. The minimum atomic E-state index is -0.279. The van der Waals surface area contributed by atoms with Gasteiger partial charge in [0.1, 0.15) is 5.76 Å². The van der Waals surface area contributed by atoms with Gasteiger partial charge in [0.15, 0.2) is 5.78 Å². The largest absolute Gasteiger partial charge is 0.512 e. The van der Waals surface area contributed by atoms with Gasteiger partial charge in [-0.25, -0.2) is 4.85 Å². The molecule has 0 amide bonds. The second-order valence-corrected chi connectivity index (χ2v) is 4.07. The predicted molar refractivity (Wildman–Crippen MR) is 66.4 cm³/mol. The Morgan fingerprint density at radius 1 is 1.41 bits per heavy atom. The minimum absolute atomic E-state index is 0.0361. The highest BCUT2D eigenvalue weighted by molar-refractivity contribution is 6.01. The zero-order chi connectivity index (χ0) is 13.0. The zero-order valence-electron chi connectivity index (χ0n) is 10.6. The molecule has 0 saturated heterocycles. The van der Waals surface area contributed by atoms with Gasteiger partial charge < -0.3 is 9.90 Å². The zero-order valence-corrected chi connectivity index (χ0v) is 10.6. The van der Waals surface area contributed by atoms with Crippen LogP contribution >= 0.6 is 0 Å². The molecule has 0 aromatic carbocycles. The number of nitrogens with zero attached hydrogens (tertiary/aromatic N) is 2. The highest BCUT2D eigenvalue weighted by atomic mass is 16.3. The van der Waals surface area contributed by atoms with Gasteiger partial charge in [-0.05, 0) is 31.2 Å². The van der Waals surface area contributed by atoms with Crippen LogP contribution in [0.1, 0.15) is 27.2 Å². The standard InChI is InChI=1S/C13H18N2O2/c1-5-15(6-2)8-10-9(3)13(14-4)12(17)7-11(10)16/h16H,5-8H2,1-3H3. The summed E-state index contributed by atoms with van der Waals surface area (Å²) in [6.07, 6.45) is -0.0361. The molecule has 17 heavy (non-hydrogen) atoms. The Morgan fingerprint density at radius 2 is 2.00 bits per heavy atom. The first kappa shape index (κ1) is 13.5. The Balaban J connectivity index is 3.06. The van der Waals surface area contributed by atoms with Crippen LogP contribution in [0.25, 0.3) is 4.85 Å². The number of carbonyl (C=O) groups is 1. The first-order valence-corrected chi connectivity index (χ1v) is 5.80. The number of ketones is 1. The van der Waals surface area contributed by atoms with Gasteiger partial charge >= 0.3 is 0 Å². The molecule has 1 N–H and O–H groups in total. The summed E-state index contributed by atoms with van der Waals surface area (Å²) in [5, 5.41) is 9.86. The van der Waals surface area contributed by atoms with E-state index in [9.17, 15) is 9.90 Å². The first-order valence-electron chi connectivity index (χ1n) is 5.80. The van der Waals surface area contributed by atoms with Crippen LogP contribution in [0.5, 0.6) is 0 Å². The van der Waals surface area contributed by atoms with E-state index in [1.165, 1.54) is 0 Å². The van der Waals surface area contributed by atoms with Crippen molar-refractivity contribution in [3.05, 3.63) is 34.0 Å². The number of Topliss-reactive ketones (excluding diaryl/α,β-unsaturated/α-hetero) is 1. The third kappa shape index (κ3) is 2.75. The lowest BCUT2D eigenvalue weighted by molar-refractivity contribution is -0.115. The van der Waals surface area contributed by atoms with Gasteiger partial charge in [-0.3, -0.25) is 4.90 Å². The molecule has 0 unspecified atom stereocenters. The molecule has 0 aromatic heterocycles. The summed E-state index contributed by atoms with van der Waals surface area (Å²) >= 11 is 0. The normalized spacial score (nSPS) is 16.8. The molecule has 0 radical (unpaired) electrons. The number of aliphatic hydroxyl groups is 1. The van der Waals surface area contributed by atoms with Crippen molar-refractivity contribution in [2.45, 2.75) is 27.2 Å². The van der Waals surface area contributed by atoms with E-state index in [4.69, 9.17) is 6.57 Å². The summed E-state index contributed by atoms with van der Waals surface area (Å²) in [4.78, 5) is 17.0. The molecule has 4 nitrogen and oxygen atoms in total. The van der Waals surface area contributed by atoms with E-state index in [0.717, 1.165) is 18.7 Å². The molecule has 4 heteroatoms. The minimum Gasteiger partial charge on any atom is -0.512 e. The summed E-state index contributed by atoms with van der Waals surface area (Å²) in [5.74, 6) is -0.162. The number of aliphatic hydroxyl groups excluding tert-OH is 1. The van der Waals surface area contributed by atoms with Gasteiger partial charge in [-0.15, -0.1) is 0 Å². The number of likely N-dealkylation sites (N-methyl/N-ethyl adjacent to an activating group) is 1. The molecule has 0 fully saturated rings. The van der Waals surface area contributed by atoms with Crippen LogP contribution in [0.4, 0.5) is 0 Å². The van der Waals surface area contributed by atoms with Gasteiger partial charge in [0, 0.05) is 6.54 Å². The van der Waals surface area contributed by atoms with Crippen molar-refractivity contribution in [1.29, 1.82) is 0 Å². The van der Waals surface area contributed by atoms with E-state index in [-0.39, 0.29) is 23.7 Å². The Bertz CT molecular complexity index is 423. The summed E-state index contributed by atoms with van der Waals surface area (Å²) in [5.41, 5.74) is 1.53. The van der Waals surface area contributed by atoms with Crippen molar-refractivity contribution >= 4 is 5.78 Å². The van der Waals surface area contributed by atoms with Gasteiger partial charge in [0.25, 0.3) is 0 Å². The first-order chi connectivity index (χ1) is 8.04. The number of carbonyl (C=O) groups excluding carboxylic acids is 1. The van der Waals surface area contributed by atoms with Crippen molar-refractivity contribution < 1.29 is 9.90 Å². The molecule has 0 aliphatic heterocycles. The number of rotatable bonds is 4. The van der Waals surface area contributed by atoms with E-state index in [1.54, 1.807) is 6.92 Å². The van der Waals surface area contributed by atoms with Gasteiger partial charge in [0.2, 0.25) is 5.70 Å². The van der Waals surface area contributed by atoms with Crippen LogP contribution in [0.2, 0.25) is 0 Å². The maximum Gasteiger partial charge on any atom is 0.232 e. The molecule has 0 bridgehead atoms. The Kier molecular flexibility index (Phi) is 4.47. The van der Waals surface area contributed by atoms with Crippen molar-refractivity contribution in [3.8, 4) is 0 Å². The van der Waals surface area contributed by atoms with Gasteiger partial charge in [-0.2, -0.15) is 0 Å². The van der Waals surface area contributed by atoms with Crippen LogP contribution < -0.4 is 0 Å². The average molecular weight is 234 g/mol. The number of hydrogen-bond acceptors (Lipinski definition) is 3. The summed E-state index contributed by atoms with van der Waals surface area (Å²) < 4.78 is 0. The van der Waals surface area contributed by atoms with E-state index in [2.05, 4.69) is 9.74 Å². The Morgan fingerprint density at radius 3 is 2.47 bits per heavy atom. The molecule has 0 heterocycles. The van der Waals surface area contributed by atoms with Crippen molar-refractivity contribution in [3.63, 3.8) is 0 Å². The number of hydrogen-bond donors (Lipinski definition) is 1. The molecule has 0 saturated carbocycles. The second-order valence-electron chi connectivity index (χ2n) is 4.07. The van der Waals surface area contributed by atoms with E-state index < -0.39 is 0 Å². The Hall–Kier alpha value is -1.60. The van der Waals surface area contributed by atoms with Gasteiger partial charge in [-0.1, -0.05) is 13.8 Å². The van der Waals surface area contributed by atoms with E-state index in [1.807, 2.05) is 13.8 Å². The fourth-order valence-corrected chi connectivity index (χ4v) is 1.94. The average Bonchev–Trinajstić information content (AvgIpc) is 2.29. The molecule has 0 aromatic rings. The lowest BCUT2D eigenvalue weighted by Crippen LogP contribution is -2.28. The lowest BCUT2D eigenvalue weighted by Gasteiger charge is -2.24. The highest BCUT2D eigenvalue weighted by Crippen LogP contribution is 2.28. The fraction of sp³-hybridized carbons (Fsp3) is 0.538. The van der Waals surface area contributed by atoms with Crippen LogP contribution in [0.3, 0.4) is 0 Å².